The zero-order valence-electron chi connectivity index (χ0n) is 8.92. The Morgan fingerprint density at radius 1 is 1.23 bits per heavy atom. The normalized spacial score (nSPS) is 10.4. The molecule has 0 saturated carbocycles. The Balaban J connectivity index is 4.29. The molecule has 0 aliphatic carbocycles. The van der Waals surface area contributed by atoms with Crippen LogP contribution in [0, 0.1) is 11.8 Å². The molecule has 0 unspecified atom stereocenters. The average Bonchev–Trinajstić information content (AvgIpc) is 2.03. The number of nitrogens with zero attached hydrogens (tertiary/aromatic N) is 1. The number of hydrogen-bond donors (Lipinski definition) is 1. The fraction of sp³-hybridized carbons (Fsp3) is 0.778. The molecule has 4 heteroatoms. The van der Waals surface area contributed by atoms with Gasteiger partial charge >= 0.3 is 0 Å². The van der Waals surface area contributed by atoms with E-state index < -0.39 is 0 Å². The van der Waals surface area contributed by atoms with Crippen LogP contribution in [0.2, 0.25) is 0 Å². The number of thioether (sulfide) groups is 1. The van der Waals surface area contributed by atoms with Gasteiger partial charge in [-0.2, -0.15) is 5.10 Å². The maximum Gasteiger partial charge on any atom is 0.153 e. The summed E-state index contributed by atoms with van der Waals surface area (Å²) in [5.74, 6) is 0.939. The molecule has 0 spiro atoms. The standard InChI is InChI=1S/C9H18N2S2/c1-6(2)8(7(3)4)10-11-9(12)13-5/h6-7H,1-5H3,(H,11,12). The summed E-state index contributed by atoms with van der Waals surface area (Å²) in [6.07, 6.45) is 1.94. The molecule has 76 valence electrons. The minimum absolute atomic E-state index is 0.470. The first-order valence-electron chi connectivity index (χ1n) is 4.40. The van der Waals surface area contributed by atoms with Crippen molar-refractivity contribution in [3.63, 3.8) is 0 Å². The fourth-order valence-electron chi connectivity index (χ4n) is 1.08. The Labute approximate surface area is 90.6 Å². The summed E-state index contributed by atoms with van der Waals surface area (Å²) in [6.45, 7) is 8.57. The lowest BCUT2D eigenvalue weighted by molar-refractivity contribution is 0.748. The molecule has 2 nitrogen and oxygen atoms in total. The summed E-state index contributed by atoms with van der Waals surface area (Å²) in [5, 5.41) is 4.30. The van der Waals surface area contributed by atoms with Gasteiger partial charge in [0.15, 0.2) is 4.32 Å². The second kappa shape index (κ2) is 6.38. The molecule has 0 heterocycles. The quantitative estimate of drug-likeness (QED) is 0.448. The van der Waals surface area contributed by atoms with Crippen LogP contribution >= 0.6 is 24.0 Å². The summed E-state index contributed by atoms with van der Waals surface area (Å²) in [5.41, 5.74) is 4.04. The Kier molecular flexibility index (Phi) is 6.33. The van der Waals surface area contributed by atoms with Crippen LogP contribution in [0.3, 0.4) is 0 Å². The Bertz CT molecular complexity index is 188. The highest BCUT2D eigenvalue weighted by atomic mass is 32.2. The van der Waals surface area contributed by atoms with E-state index >= 15 is 0 Å². The maximum absolute atomic E-state index is 4.99. The van der Waals surface area contributed by atoms with Crippen molar-refractivity contribution >= 4 is 34.0 Å². The van der Waals surface area contributed by atoms with E-state index in [2.05, 4.69) is 38.2 Å². The van der Waals surface area contributed by atoms with Gasteiger partial charge in [0.25, 0.3) is 0 Å². The van der Waals surface area contributed by atoms with Crippen LogP contribution in [0.4, 0.5) is 0 Å². The van der Waals surface area contributed by atoms with Gasteiger partial charge in [-0.15, -0.1) is 0 Å². The highest BCUT2D eigenvalue weighted by molar-refractivity contribution is 8.22. The summed E-state index contributed by atoms with van der Waals surface area (Å²) in [4.78, 5) is 0. The van der Waals surface area contributed by atoms with Gasteiger partial charge in [0.05, 0.1) is 0 Å². The molecule has 0 rings (SSSR count). The lowest BCUT2D eigenvalue weighted by Crippen LogP contribution is -2.21. The zero-order chi connectivity index (χ0) is 10.4. The van der Waals surface area contributed by atoms with Gasteiger partial charge in [-0.3, -0.25) is 5.43 Å². The van der Waals surface area contributed by atoms with E-state index in [9.17, 15) is 0 Å². The summed E-state index contributed by atoms with van der Waals surface area (Å²) in [6, 6.07) is 0. The first-order chi connectivity index (χ1) is 5.99. The van der Waals surface area contributed by atoms with Crippen LogP contribution in [-0.4, -0.2) is 16.3 Å². The highest BCUT2D eigenvalue weighted by Gasteiger charge is 2.09. The molecule has 0 bridgehead atoms. The van der Waals surface area contributed by atoms with Gasteiger partial charge in [-0.05, 0) is 18.1 Å². The first-order valence-corrected chi connectivity index (χ1v) is 6.03. The van der Waals surface area contributed by atoms with E-state index in [4.69, 9.17) is 12.2 Å². The maximum atomic E-state index is 4.99. The highest BCUT2D eigenvalue weighted by Crippen LogP contribution is 2.07. The fourth-order valence-corrected chi connectivity index (χ4v) is 1.26. The lowest BCUT2D eigenvalue weighted by atomic mass is 9.98. The molecule has 0 aliphatic heterocycles. The minimum atomic E-state index is 0.470. The summed E-state index contributed by atoms with van der Waals surface area (Å²) in [7, 11) is 0. The van der Waals surface area contributed by atoms with Gasteiger partial charge < -0.3 is 0 Å². The molecule has 13 heavy (non-hydrogen) atoms. The largest absolute Gasteiger partial charge is 0.262 e. The van der Waals surface area contributed by atoms with Gasteiger partial charge in [0.2, 0.25) is 0 Å². The topological polar surface area (TPSA) is 24.4 Å². The molecule has 0 fully saturated rings. The molecular weight excluding hydrogens is 200 g/mol. The smallest absolute Gasteiger partial charge is 0.153 e. The van der Waals surface area contributed by atoms with Crippen molar-refractivity contribution < 1.29 is 0 Å². The first kappa shape index (κ1) is 12.9. The predicted octanol–water partition coefficient (Wildman–Crippen LogP) is 2.89. The monoisotopic (exact) mass is 218 g/mol. The van der Waals surface area contributed by atoms with Crippen molar-refractivity contribution in [3.8, 4) is 0 Å². The molecule has 0 aromatic carbocycles. The van der Waals surface area contributed by atoms with E-state index in [0.717, 1.165) is 10.0 Å². The van der Waals surface area contributed by atoms with Crippen LogP contribution in [0.5, 0.6) is 0 Å². The molecular formula is C9H18N2S2. The second-order valence-corrected chi connectivity index (χ2v) is 4.93. The lowest BCUT2D eigenvalue weighted by Gasteiger charge is -2.13. The van der Waals surface area contributed by atoms with E-state index in [1.54, 1.807) is 0 Å². The van der Waals surface area contributed by atoms with E-state index in [-0.39, 0.29) is 0 Å². The third-order valence-corrected chi connectivity index (χ3v) is 2.70. The van der Waals surface area contributed by atoms with Crippen LogP contribution in [0.25, 0.3) is 0 Å². The Hall–Kier alpha value is -0.0900. The molecule has 1 N–H and O–H groups in total. The third-order valence-electron chi connectivity index (χ3n) is 1.64. The van der Waals surface area contributed by atoms with Crippen molar-refractivity contribution in [3.05, 3.63) is 0 Å². The van der Waals surface area contributed by atoms with Crippen molar-refractivity contribution in [1.29, 1.82) is 0 Å². The average molecular weight is 218 g/mol. The number of hydrogen-bond acceptors (Lipinski definition) is 3. The number of rotatable bonds is 3. The van der Waals surface area contributed by atoms with Crippen molar-refractivity contribution in [2.24, 2.45) is 16.9 Å². The van der Waals surface area contributed by atoms with Crippen LogP contribution in [0.15, 0.2) is 5.10 Å². The zero-order valence-corrected chi connectivity index (χ0v) is 10.6. The number of hydrazone groups is 1. The van der Waals surface area contributed by atoms with Crippen molar-refractivity contribution in [1.82, 2.24) is 5.43 Å². The molecule has 0 radical (unpaired) electrons. The molecule has 0 aromatic heterocycles. The van der Waals surface area contributed by atoms with E-state index in [0.29, 0.717) is 11.8 Å². The van der Waals surface area contributed by atoms with Crippen molar-refractivity contribution in [2.75, 3.05) is 6.26 Å². The van der Waals surface area contributed by atoms with Gasteiger partial charge in [-0.1, -0.05) is 51.7 Å². The molecule has 0 saturated heterocycles. The van der Waals surface area contributed by atoms with Crippen molar-refractivity contribution in [2.45, 2.75) is 27.7 Å². The van der Waals surface area contributed by atoms with E-state index in [1.165, 1.54) is 11.8 Å². The number of thiocarbonyl (C=S) groups is 1. The van der Waals surface area contributed by atoms with E-state index in [1.807, 2.05) is 6.26 Å². The Morgan fingerprint density at radius 2 is 1.69 bits per heavy atom. The van der Waals surface area contributed by atoms with Crippen LogP contribution in [-0.2, 0) is 0 Å². The predicted molar refractivity (Wildman–Crippen MR) is 66.4 cm³/mol. The summed E-state index contributed by atoms with van der Waals surface area (Å²) < 4.78 is 0.721. The van der Waals surface area contributed by atoms with Crippen LogP contribution < -0.4 is 5.43 Å². The van der Waals surface area contributed by atoms with Gasteiger partial charge in [-0.25, -0.2) is 0 Å². The minimum Gasteiger partial charge on any atom is -0.262 e. The molecule has 0 atom stereocenters. The van der Waals surface area contributed by atoms with Crippen LogP contribution in [0.1, 0.15) is 27.7 Å². The number of nitrogens with one attached hydrogen (secondary N) is 1. The third kappa shape index (κ3) is 5.26. The SMILES string of the molecule is CSC(=S)NN=C(C(C)C)C(C)C. The van der Waals surface area contributed by atoms with Gasteiger partial charge in [0.1, 0.15) is 0 Å². The molecule has 0 aromatic rings. The van der Waals surface area contributed by atoms with Gasteiger partial charge in [0, 0.05) is 5.71 Å². The Morgan fingerprint density at radius 3 is 2.00 bits per heavy atom. The molecule has 0 aliphatic rings. The molecule has 0 amide bonds. The summed E-state index contributed by atoms with van der Waals surface area (Å²) >= 11 is 6.49. The second-order valence-electron chi connectivity index (χ2n) is 3.45.